The lowest BCUT2D eigenvalue weighted by Crippen LogP contribution is -2.16. The maximum Gasteiger partial charge on any atom is 0.124 e. The molecule has 0 aromatic heterocycles. The fourth-order valence-electron chi connectivity index (χ4n) is 1.73. The van der Waals surface area contributed by atoms with E-state index in [1.165, 1.54) is 0 Å². The molecule has 0 amide bonds. The molecule has 1 aromatic carbocycles. The average molecular weight is 208 g/mol. The Bertz CT molecular complexity index is 305. The fourth-order valence-corrected chi connectivity index (χ4v) is 1.73. The van der Waals surface area contributed by atoms with Crippen LogP contribution in [0.3, 0.4) is 0 Å². The van der Waals surface area contributed by atoms with Crippen molar-refractivity contribution in [1.29, 1.82) is 0 Å². The Labute approximate surface area is 89.6 Å². The highest BCUT2D eigenvalue weighted by Gasteiger charge is 2.16. The van der Waals surface area contributed by atoms with Gasteiger partial charge in [-0.25, -0.2) is 0 Å². The van der Waals surface area contributed by atoms with E-state index in [1.807, 2.05) is 24.3 Å². The zero-order chi connectivity index (χ0) is 10.5. The van der Waals surface area contributed by atoms with Crippen molar-refractivity contribution in [2.75, 3.05) is 13.2 Å². The molecule has 1 aliphatic rings. The average Bonchev–Trinajstić information content (AvgIpc) is 2.79. The fraction of sp³-hybridized carbons (Fsp3) is 0.500. The summed E-state index contributed by atoms with van der Waals surface area (Å²) < 4.78 is 11.1. The molecule has 0 aliphatic carbocycles. The summed E-state index contributed by atoms with van der Waals surface area (Å²) in [4.78, 5) is 0. The van der Waals surface area contributed by atoms with E-state index in [2.05, 4.69) is 0 Å². The Morgan fingerprint density at radius 3 is 3.00 bits per heavy atom. The monoisotopic (exact) mass is 208 g/mol. The smallest absolute Gasteiger partial charge is 0.124 e. The minimum Gasteiger partial charge on any atom is -0.491 e. The van der Waals surface area contributed by atoms with Crippen molar-refractivity contribution in [1.82, 2.24) is 0 Å². The van der Waals surface area contributed by atoms with Gasteiger partial charge in [-0.15, -0.1) is 0 Å². The van der Waals surface area contributed by atoms with Crippen molar-refractivity contribution in [2.45, 2.75) is 25.6 Å². The molecule has 1 saturated heterocycles. The minimum atomic E-state index is 0.0156. The van der Waals surface area contributed by atoms with Gasteiger partial charge in [-0.2, -0.15) is 0 Å². The van der Waals surface area contributed by atoms with Crippen molar-refractivity contribution in [3.63, 3.8) is 0 Å². The highest BCUT2D eigenvalue weighted by molar-refractivity contribution is 5.32. The maximum absolute atomic E-state index is 9.10. The Kier molecular flexibility index (Phi) is 3.59. The summed E-state index contributed by atoms with van der Waals surface area (Å²) in [6.45, 7) is 1.44. The molecule has 3 heteroatoms. The molecule has 1 N–H and O–H groups in total. The molecule has 0 spiro atoms. The SMILES string of the molecule is OCc1ccccc1OC[C@H]1CCCO1. The van der Waals surface area contributed by atoms with E-state index in [0.29, 0.717) is 6.61 Å². The van der Waals surface area contributed by atoms with Crippen LogP contribution in [0.2, 0.25) is 0 Å². The number of para-hydroxylation sites is 1. The lowest BCUT2D eigenvalue weighted by atomic mass is 10.2. The molecular formula is C12H16O3. The summed E-state index contributed by atoms with van der Waals surface area (Å²) in [6.07, 6.45) is 2.41. The molecule has 0 bridgehead atoms. The lowest BCUT2D eigenvalue weighted by Gasteiger charge is -2.13. The second-order valence-electron chi connectivity index (χ2n) is 3.71. The first-order chi connectivity index (χ1) is 7.40. The highest BCUT2D eigenvalue weighted by atomic mass is 16.5. The van der Waals surface area contributed by atoms with Gasteiger partial charge in [0.05, 0.1) is 12.7 Å². The van der Waals surface area contributed by atoms with Gasteiger partial charge in [-0.05, 0) is 18.9 Å². The van der Waals surface area contributed by atoms with E-state index in [-0.39, 0.29) is 12.7 Å². The molecular weight excluding hydrogens is 192 g/mol. The van der Waals surface area contributed by atoms with Crippen LogP contribution >= 0.6 is 0 Å². The number of benzene rings is 1. The van der Waals surface area contributed by atoms with Crippen molar-refractivity contribution < 1.29 is 14.6 Å². The minimum absolute atomic E-state index is 0.0156. The van der Waals surface area contributed by atoms with E-state index in [0.717, 1.165) is 30.8 Å². The van der Waals surface area contributed by atoms with Crippen LogP contribution < -0.4 is 4.74 Å². The van der Waals surface area contributed by atoms with E-state index in [4.69, 9.17) is 14.6 Å². The van der Waals surface area contributed by atoms with Gasteiger partial charge in [-0.3, -0.25) is 0 Å². The summed E-state index contributed by atoms with van der Waals surface area (Å²) in [6, 6.07) is 7.54. The first kappa shape index (κ1) is 10.5. The van der Waals surface area contributed by atoms with E-state index in [9.17, 15) is 0 Å². The standard InChI is InChI=1S/C12H16O3/c13-8-10-4-1-2-6-12(10)15-9-11-5-3-7-14-11/h1-2,4,6,11,13H,3,5,7-9H2/t11-/m1/s1. The molecule has 1 heterocycles. The van der Waals surface area contributed by atoms with Gasteiger partial charge in [0.15, 0.2) is 0 Å². The Morgan fingerprint density at radius 1 is 1.40 bits per heavy atom. The van der Waals surface area contributed by atoms with Crippen LogP contribution in [0, 0.1) is 0 Å². The molecule has 1 aliphatic heterocycles. The lowest BCUT2D eigenvalue weighted by molar-refractivity contribution is 0.0671. The van der Waals surface area contributed by atoms with Crippen LogP contribution in [-0.2, 0) is 11.3 Å². The van der Waals surface area contributed by atoms with E-state index in [1.54, 1.807) is 0 Å². The summed E-state index contributed by atoms with van der Waals surface area (Å²) in [5, 5.41) is 9.10. The maximum atomic E-state index is 9.10. The second kappa shape index (κ2) is 5.14. The molecule has 3 nitrogen and oxygen atoms in total. The van der Waals surface area contributed by atoms with Gasteiger partial charge in [0.1, 0.15) is 12.4 Å². The van der Waals surface area contributed by atoms with Gasteiger partial charge < -0.3 is 14.6 Å². The number of rotatable bonds is 4. The van der Waals surface area contributed by atoms with Crippen molar-refractivity contribution in [2.24, 2.45) is 0 Å². The number of aliphatic hydroxyl groups is 1. The molecule has 1 fully saturated rings. The third kappa shape index (κ3) is 2.70. The van der Waals surface area contributed by atoms with Gasteiger partial charge in [0.2, 0.25) is 0 Å². The predicted molar refractivity (Wildman–Crippen MR) is 56.8 cm³/mol. The third-order valence-electron chi connectivity index (χ3n) is 2.59. The molecule has 0 radical (unpaired) electrons. The first-order valence-corrected chi connectivity index (χ1v) is 5.33. The molecule has 15 heavy (non-hydrogen) atoms. The van der Waals surface area contributed by atoms with Crippen molar-refractivity contribution in [3.05, 3.63) is 29.8 Å². The van der Waals surface area contributed by atoms with Crippen molar-refractivity contribution in [3.8, 4) is 5.75 Å². The van der Waals surface area contributed by atoms with Crippen LogP contribution in [-0.4, -0.2) is 24.4 Å². The Balaban J connectivity index is 1.91. The molecule has 0 saturated carbocycles. The predicted octanol–water partition coefficient (Wildman–Crippen LogP) is 1.74. The van der Waals surface area contributed by atoms with E-state index < -0.39 is 0 Å². The zero-order valence-electron chi connectivity index (χ0n) is 8.69. The summed E-state index contributed by atoms with van der Waals surface area (Å²) in [5.74, 6) is 0.760. The molecule has 2 rings (SSSR count). The Morgan fingerprint density at radius 2 is 2.27 bits per heavy atom. The largest absolute Gasteiger partial charge is 0.491 e. The van der Waals surface area contributed by atoms with Crippen LogP contribution in [0.1, 0.15) is 18.4 Å². The number of aliphatic hydroxyl groups excluding tert-OH is 1. The zero-order valence-corrected chi connectivity index (χ0v) is 8.69. The molecule has 1 aromatic rings. The van der Waals surface area contributed by atoms with Crippen molar-refractivity contribution >= 4 is 0 Å². The van der Waals surface area contributed by atoms with Crippen LogP contribution in [0.15, 0.2) is 24.3 Å². The summed E-state index contributed by atoms with van der Waals surface area (Å²) >= 11 is 0. The second-order valence-corrected chi connectivity index (χ2v) is 3.71. The normalized spacial score (nSPS) is 20.5. The van der Waals surface area contributed by atoms with Gasteiger partial charge in [0.25, 0.3) is 0 Å². The first-order valence-electron chi connectivity index (χ1n) is 5.33. The van der Waals surface area contributed by atoms with Gasteiger partial charge >= 0.3 is 0 Å². The van der Waals surface area contributed by atoms with Gasteiger partial charge in [-0.1, -0.05) is 18.2 Å². The molecule has 1 atom stereocenters. The summed E-state index contributed by atoms with van der Waals surface area (Å²) in [7, 11) is 0. The quantitative estimate of drug-likeness (QED) is 0.819. The number of hydrogen-bond donors (Lipinski definition) is 1. The molecule has 82 valence electrons. The Hall–Kier alpha value is -1.06. The number of ether oxygens (including phenoxy) is 2. The van der Waals surface area contributed by atoms with Gasteiger partial charge in [0, 0.05) is 12.2 Å². The molecule has 0 unspecified atom stereocenters. The highest BCUT2D eigenvalue weighted by Crippen LogP contribution is 2.20. The van der Waals surface area contributed by atoms with Crippen LogP contribution in [0.25, 0.3) is 0 Å². The topological polar surface area (TPSA) is 38.7 Å². The van der Waals surface area contributed by atoms with Crippen LogP contribution in [0.5, 0.6) is 5.75 Å². The summed E-state index contributed by atoms with van der Waals surface area (Å²) in [5.41, 5.74) is 0.829. The number of hydrogen-bond acceptors (Lipinski definition) is 3. The van der Waals surface area contributed by atoms with Crippen LogP contribution in [0.4, 0.5) is 0 Å². The third-order valence-corrected chi connectivity index (χ3v) is 2.59. The van der Waals surface area contributed by atoms with E-state index >= 15 is 0 Å².